The van der Waals surface area contributed by atoms with Crippen LogP contribution in [-0.2, 0) is 9.59 Å². The van der Waals surface area contributed by atoms with E-state index in [4.69, 9.17) is 5.11 Å². The first-order valence-corrected chi connectivity index (χ1v) is 3.08. The first-order valence-electron chi connectivity index (χ1n) is 3.08. The molecule has 0 radical (unpaired) electrons. The van der Waals surface area contributed by atoms with Crippen LogP contribution in [0.1, 0.15) is 13.3 Å². The topological polar surface area (TPSA) is 66.4 Å². The summed E-state index contributed by atoms with van der Waals surface area (Å²) in [6.07, 6.45) is 0.985. The van der Waals surface area contributed by atoms with Crippen LogP contribution < -0.4 is 5.32 Å². The Bertz CT molecular complexity index is 180. The quantitative estimate of drug-likeness (QED) is 0.528. The van der Waals surface area contributed by atoms with E-state index in [0.29, 0.717) is 12.8 Å². The number of rotatable bonds is 3. The Hall–Kier alpha value is -1.06. The van der Waals surface area contributed by atoms with Gasteiger partial charge in [0.1, 0.15) is 5.54 Å². The van der Waals surface area contributed by atoms with Gasteiger partial charge in [-0.25, -0.2) is 4.79 Å². The van der Waals surface area contributed by atoms with E-state index in [9.17, 15) is 9.59 Å². The van der Waals surface area contributed by atoms with Crippen molar-refractivity contribution in [3.05, 3.63) is 0 Å². The molecule has 0 saturated heterocycles. The second-order valence-electron chi connectivity index (χ2n) is 2.64. The van der Waals surface area contributed by atoms with Gasteiger partial charge in [-0.3, -0.25) is 4.79 Å². The molecule has 0 heterocycles. The van der Waals surface area contributed by atoms with E-state index in [1.807, 2.05) is 0 Å². The Morgan fingerprint density at radius 1 is 1.90 bits per heavy atom. The molecule has 2 atom stereocenters. The molecular formula is C6H9NO3. The predicted molar refractivity (Wildman–Crippen MR) is 33.3 cm³/mol. The third kappa shape index (κ3) is 0.761. The SMILES string of the molecule is C[C@H]1C[C@@]1(NC=O)C(=O)O. The van der Waals surface area contributed by atoms with Gasteiger partial charge in [-0.1, -0.05) is 6.92 Å². The molecule has 1 saturated carbocycles. The van der Waals surface area contributed by atoms with Crippen molar-refractivity contribution in [2.45, 2.75) is 18.9 Å². The highest BCUT2D eigenvalue weighted by molar-refractivity contribution is 5.85. The summed E-state index contributed by atoms with van der Waals surface area (Å²) in [5, 5.41) is 10.9. The zero-order valence-corrected chi connectivity index (χ0v) is 5.63. The summed E-state index contributed by atoms with van der Waals surface area (Å²) in [5.41, 5.74) is -0.943. The van der Waals surface area contributed by atoms with Gasteiger partial charge in [-0.2, -0.15) is 0 Å². The van der Waals surface area contributed by atoms with Gasteiger partial charge in [0.05, 0.1) is 0 Å². The van der Waals surface area contributed by atoms with Crippen LogP contribution in [0.5, 0.6) is 0 Å². The number of hydrogen-bond acceptors (Lipinski definition) is 2. The molecule has 1 fully saturated rings. The molecule has 2 N–H and O–H groups in total. The highest BCUT2D eigenvalue weighted by atomic mass is 16.4. The highest BCUT2D eigenvalue weighted by Gasteiger charge is 2.57. The summed E-state index contributed by atoms with van der Waals surface area (Å²) >= 11 is 0. The molecule has 4 nitrogen and oxygen atoms in total. The molecule has 56 valence electrons. The first kappa shape index (κ1) is 7.05. The lowest BCUT2D eigenvalue weighted by Crippen LogP contribution is -2.39. The maximum absolute atomic E-state index is 10.5. The van der Waals surface area contributed by atoms with Gasteiger partial charge in [0.25, 0.3) is 0 Å². The van der Waals surface area contributed by atoms with Crippen LogP contribution in [0.15, 0.2) is 0 Å². The summed E-state index contributed by atoms with van der Waals surface area (Å²) in [6.45, 7) is 1.80. The maximum Gasteiger partial charge on any atom is 0.329 e. The molecule has 0 aromatic carbocycles. The molecule has 4 heteroatoms. The number of carbonyl (C=O) groups excluding carboxylic acids is 1. The number of carboxylic acids is 1. The fraction of sp³-hybridized carbons (Fsp3) is 0.667. The van der Waals surface area contributed by atoms with E-state index in [1.54, 1.807) is 6.92 Å². The Morgan fingerprint density at radius 2 is 2.40 bits per heavy atom. The van der Waals surface area contributed by atoms with Gasteiger partial charge in [-0.15, -0.1) is 0 Å². The molecule has 1 amide bonds. The van der Waals surface area contributed by atoms with Gasteiger partial charge in [0, 0.05) is 0 Å². The van der Waals surface area contributed by atoms with Crippen LogP contribution in [0, 0.1) is 5.92 Å². The zero-order valence-electron chi connectivity index (χ0n) is 5.63. The minimum atomic E-state index is -0.943. The average molecular weight is 143 g/mol. The second kappa shape index (κ2) is 1.97. The molecule has 0 aromatic heterocycles. The number of aliphatic carboxylic acids is 1. The molecule has 0 aromatic rings. The molecule has 0 aliphatic heterocycles. The third-order valence-corrected chi connectivity index (χ3v) is 2.01. The lowest BCUT2D eigenvalue weighted by atomic mass is 10.2. The van der Waals surface area contributed by atoms with Gasteiger partial charge in [0.2, 0.25) is 6.41 Å². The third-order valence-electron chi connectivity index (χ3n) is 2.01. The fourth-order valence-electron chi connectivity index (χ4n) is 1.09. The molecule has 1 rings (SSSR count). The van der Waals surface area contributed by atoms with Gasteiger partial charge >= 0.3 is 5.97 Å². The highest BCUT2D eigenvalue weighted by Crippen LogP contribution is 2.42. The molecule has 0 bridgehead atoms. The smallest absolute Gasteiger partial charge is 0.329 e. The van der Waals surface area contributed by atoms with E-state index in [-0.39, 0.29) is 5.92 Å². The summed E-state index contributed by atoms with van der Waals surface area (Å²) in [5.74, 6) is -0.873. The lowest BCUT2D eigenvalue weighted by Gasteiger charge is -2.07. The molecule has 0 spiro atoms. The average Bonchev–Trinajstić information content (AvgIpc) is 2.44. The monoisotopic (exact) mass is 143 g/mol. The van der Waals surface area contributed by atoms with Crippen molar-refractivity contribution in [1.82, 2.24) is 5.32 Å². The van der Waals surface area contributed by atoms with E-state index in [0.717, 1.165) is 0 Å². The predicted octanol–water partition coefficient (Wildman–Crippen LogP) is -0.404. The summed E-state index contributed by atoms with van der Waals surface area (Å²) in [7, 11) is 0. The van der Waals surface area contributed by atoms with Crippen molar-refractivity contribution >= 4 is 12.4 Å². The maximum atomic E-state index is 10.5. The molecule has 1 aliphatic rings. The lowest BCUT2D eigenvalue weighted by molar-refractivity contribution is -0.142. The van der Waals surface area contributed by atoms with E-state index < -0.39 is 11.5 Å². The molecule has 1 aliphatic carbocycles. The fourth-order valence-corrected chi connectivity index (χ4v) is 1.09. The van der Waals surface area contributed by atoms with Gasteiger partial charge in [0.15, 0.2) is 0 Å². The largest absolute Gasteiger partial charge is 0.479 e. The normalized spacial score (nSPS) is 36.7. The Labute approximate surface area is 58.2 Å². The van der Waals surface area contributed by atoms with Crippen molar-refractivity contribution in [2.24, 2.45) is 5.92 Å². The van der Waals surface area contributed by atoms with Crippen molar-refractivity contribution < 1.29 is 14.7 Å². The Balaban J connectivity index is 2.63. The number of amides is 1. The number of carboxylic acid groups (broad SMARTS) is 1. The summed E-state index contributed by atoms with van der Waals surface area (Å²) < 4.78 is 0. The van der Waals surface area contributed by atoms with Crippen molar-refractivity contribution in [1.29, 1.82) is 0 Å². The zero-order chi connectivity index (χ0) is 7.78. The standard InChI is InChI=1S/C6H9NO3/c1-4-2-6(4,5(9)10)7-3-8/h3-4H,2H2,1H3,(H,7,8)(H,9,10)/t4-,6-/m0/s1. The second-order valence-corrected chi connectivity index (χ2v) is 2.64. The first-order chi connectivity index (χ1) is 4.63. The van der Waals surface area contributed by atoms with Crippen molar-refractivity contribution in [3.8, 4) is 0 Å². The van der Waals surface area contributed by atoms with E-state index in [2.05, 4.69) is 5.32 Å². The number of hydrogen-bond donors (Lipinski definition) is 2. The van der Waals surface area contributed by atoms with Crippen LogP contribution in [-0.4, -0.2) is 23.0 Å². The van der Waals surface area contributed by atoms with Crippen LogP contribution in [0.25, 0.3) is 0 Å². The van der Waals surface area contributed by atoms with Crippen LogP contribution >= 0.6 is 0 Å². The number of carbonyl (C=O) groups is 2. The van der Waals surface area contributed by atoms with E-state index >= 15 is 0 Å². The van der Waals surface area contributed by atoms with E-state index in [1.165, 1.54) is 0 Å². The minimum absolute atomic E-state index is 0.0650. The summed E-state index contributed by atoms with van der Waals surface area (Å²) in [6, 6.07) is 0. The Kier molecular flexibility index (Phi) is 1.39. The molecule has 0 unspecified atom stereocenters. The van der Waals surface area contributed by atoms with Crippen LogP contribution in [0.4, 0.5) is 0 Å². The van der Waals surface area contributed by atoms with Crippen LogP contribution in [0.3, 0.4) is 0 Å². The van der Waals surface area contributed by atoms with Crippen LogP contribution in [0.2, 0.25) is 0 Å². The summed E-state index contributed by atoms with van der Waals surface area (Å²) in [4.78, 5) is 20.4. The van der Waals surface area contributed by atoms with Gasteiger partial charge < -0.3 is 10.4 Å². The van der Waals surface area contributed by atoms with Crippen molar-refractivity contribution in [3.63, 3.8) is 0 Å². The van der Waals surface area contributed by atoms with Gasteiger partial charge in [-0.05, 0) is 12.3 Å². The minimum Gasteiger partial charge on any atom is -0.479 e. The molecule has 10 heavy (non-hydrogen) atoms. The molecular weight excluding hydrogens is 134 g/mol. The Morgan fingerprint density at radius 3 is 2.50 bits per heavy atom. The van der Waals surface area contributed by atoms with Crippen molar-refractivity contribution in [2.75, 3.05) is 0 Å². The number of nitrogens with one attached hydrogen (secondary N) is 1.